The molecule has 5 heteroatoms. The summed E-state index contributed by atoms with van der Waals surface area (Å²) in [7, 11) is 0. The number of hydrogen-bond acceptors (Lipinski definition) is 5. The van der Waals surface area contributed by atoms with Crippen LogP contribution in [0.5, 0.6) is 0 Å². The van der Waals surface area contributed by atoms with E-state index in [0.29, 0.717) is 12.1 Å². The highest BCUT2D eigenvalue weighted by atomic mass is 32.1. The molecule has 2 atom stereocenters. The molecule has 4 saturated heterocycles. The van der Waals surface area contributed by atoms with Gasteiger partial charge < -0.3 is 5.32 Å². The molecular weight excluding hydrogens is 244 g/mol. The van der Waals surface area contributed by atoms with E-state index in [0.717, 1.165) is 6.54 Å². The van der Waals surface area contributed by atoms with Crippen molar-refractivity contribution < 1.29 is 0 Å². The molecule has 98 valence electrons. The third-order valence-electron chi connectivity index (χ3n) is 4.52. The number of piperazine rings is 3. The first-order valence-electron chi connectivity index (χ1n) is 7.05. The van der Waals surface area contributed by atoms with Crippen LogP contribution in [0.15, 0.2) is 5.38 Å². The number of thiazole rings is 1. The first-order valence-corrected chi connectivity index (χ1v) is 7.93. The van der Waals surface area contributed by atoms with E-state index < -0.39 is 0 Å². The fourth-order valence-corrected chi connectivity index (χ4v) is 4.40. The molecule has 0 aromatic carbocycles. The van der Waals surface area contributed by atoms with E-state index in [1.165, 1.54) is 56.3 Å². The quantitative estimate of drug-likeness (QED) is 0.871. The minimum absolute atomic E-state index is 0.520. The van der Waals surface area contributed by atoms with Crippen molar-refractivity contribution in [1.29, 1.82) is 0 Å². The van der Waals surface area contributed by atoms with Gasteiger partial charge in [0.15, 0.2) is 0 Å². The molecule has 5 rings (SSSR count). The SMILES string of the molecule is c1sc(C2CN3CCN2CC3)nc1[C@@H]1CCCN1. The molecule has 2 bridgehead atoms. The number of nitrogens with one attached hydrogen (secondary N) is 1. The monoisotopic (exact) mass is 264 g/mol. The number of nitrogens with zero attached hydrogens (tertiary/aromatic N) is 3. The van der Waals surface area contributed by atoms with Crippen molar-refractivity contribution in [1.82, 2.24) is 20.1 Å². The van der Waals surface area contributed by atoms with Gasteiger partial charge in [0.05, 0.1) is 17.8 Å². The highest BCUT2D eigenvalue weighted by Crippen LogP contribution is 2.33. The Morgan fingerprint density at radius 1 is 1.28 bits per heavy atom. The van der Waals surface area contributed by atoms with Gasteiger partial charge in [0.2, 0.25) is 0 Å². The number of fused-ring (bicyclic) bond motifs is 3. The summed E-state index contributed by atoms with van der Waals surface area (Å²) in [6.07, 6.45) is 2.55. The first-order chi connectivity index (χ1) is 8.90. The fourth-order valence-electron chi connectivity index (χ4n) is 3.40. The third-order valence-corrected chi connectivity index (χ3v) is 5.49. The van der Waals surface area contributed by atoms with E-state index in [9.17, 15) is 0 Å². The van der Waals surface area contributed by atoms with E-state index >= 15 is 0 Å². The highest BCUT2D eigenvalue weighted by molar-refractivity contribution is 7.09. The van der Waals surface area contributed by atoms with Crippen LogP contribution >= 0.6 is 11.3 Å². The number of rotatable bonds is 2. The maximum absolute atomic E-state index is 4.92. The zero-order valence-corrected chi connectivity index (χ0v) is 11.5. The van der Waals surface area contributed by atoms with Crippen molar-refractivity contribution in [2.75, 3.05) is 39.3 Å². The van der Waals surface area contributed by atoms with Gasteiger partial charge in [-0.2, -0.15) is 0 Å². The molecule has 1 aromatic rings. The van der Waals surface area contributed by atoms with Gasteiger partial charge >= 0.3 is 0 Å². The van der Waals surface area contributed by atoms with Crippen molar-refractivity contribution in [2.24, 2.45) is 0 Å². The summed E-state index contributed by atoms with van der Waals surface area (Å²) in [5.41, 5.74) is 1.28. The van der Waals surface area contributed by atoms with Crippen LogP contribution in [0.2, 0.25) is 0 Å². The summed E-state index contributed by atoms with van der Waals surface area (Å²) in [5.74, 6) is 0. The minimum Gasteiger partial charge on any atom is -0.309 e. The fraction of sp³-hybridized carbons (Fsp3) is 0.769. The molecule has 0 radical (unpaired) electrons. The minimum atomic E-state index is 0.520. The molecule has 0 saturated carbocycles. The summed E-state index contributed by atoms with van der Waals surface area (Å²) < 4.78 is 0. The molecule has 0 spiro atoms. The average molecular weight is 264 g/mol. The molecule has 4 nitrogen and oxygen atoms in total. The van der Waals surface area contributed by atoms with Crippen molar-refractivity contribution in [3.8, 4) is 0 Å². The summed E-state index contributed by atoms with van der Waals surface area (Å²) in [5, 5.41) is 7.15. The topological polar surface area (TPSA) is 31.4 Å². The van der Waals surface area contributed by atoms with Crippen LogP contribution in [0.1, 0.15) is 35.6 Å². The Bertz CT molecular complexity index is 418. The molecule has 1 unspecified atom stereocenters. The molecule has 5 heterocycles. The van der Waals surface area contributed by atoms with Crippen molar-refractivity contribution >= 4 is 11.3 Å². The molecular formula is C13H20N4S. The lowest BCUT2D eigenvalue weighted by atomic mass is 10.1. The lowest BCUT2D eigenvalue weighted by molar-refractivity contribution is 0.0122. The van der Waals surface area contributed by atoms with E-state index in [2.05, 4.69) is 20.5 Å². The maximum atomic E-state index is 4.92. The summed E-state index contributed by atoms with van der Waals surface area (Å²) in [4.78, 5) is 10.1. The van der Waals surface area contributed by atoms with Gasteiger partial charge in [0, 0.05) is 38.1 Å². The molecule has 0 aliphatic carbocycles. The predicted molar refractivity (Wildman–Crippen MR) is 72.8 cm³/mol. The van der Waals surface area contributed by atoms with Crippen LogP contribution in [0.25, 0.3) is 0 Å². The second-order valence-corrected chi connectivity index (χ2v) is 6.50. The van der Waals surface area contributed by atoms with Gasteiger partial charge in [-0.15, -0.1) is 11.3 Å². The van der Waals surface area contributed by atoms with E-state index in [4.69, 9.17) is 4.98 Å². The van der Waals surface area contributed by atoms with E-state index in [1.54, 1.807) is 0 Å². The molecule has 1 N–H and O–H groups in total. The number of hydrogen-bond donors (Lipinski definition) is 1. The van der Waals surface area contributed by atoms with Gasteiger partial charge in [-0.1, -0.05) is 0 Å². The second kappa shape index (κ2) is 4.56. The van der Waals surface area contributed by atoms with Gasteiger partial charge in [-0.3, -0.25) is 9.80 Å². The van der Waals surface area contributed by atoms with Gasteiger partial charge in [-0.25, -0.2) is 4.98 Å². The Kier molecular flexibility index (Phi) is 2.87. The van der Waals surface area contributed by atoms with Crippen LogP contribution in [0.4, 0.5) is 0 Å². The summed E-state index contributed by atoms with van der Waals surface area (Å²) in [6.45, 7) is 7.28. The Morgan fingerprint density at radius 3 is 2.83 bits per heavy atom. The van der Waals surface area contributed by atoms with Crippen LogP contribution in [0, 0.1) is 0 Å². The third kappa shape index (κ3) is 1.90. The Labute approximate surface area is 112 Å². The Balaban J connectivity index is 1.54. The van der Waals surface area contributed by atoms with Gasteiger partial charge in [0.1, 0.15) is 5.01 Å². The molecule has 18 heavy (non-hydrogen) atoms. The zero-order chi connectivity index (χ0) is 11.9. The summed E-state index contributed by atoms with van der Waals surface area (Å²) >= 11 is 1.86. The van der Waals surface area contributed by atoms with Crippen molar-refractivity contribution in [3.63, 3.8) is 0 Å². The molecule has 0 amide bonds. The lowest BCUT2D eigenvalue weighted by Gasteiger charge is -2.46. The van der Waals surface area contributed by atoms with Crippen LogP contribution in [-0.2, 0) is 0 Å². The van der Waals surface area contributed by atoms with Gasteiger partial charge in [0.25, 0.3) is 0 Å². The van der Waals surface area contributed by atoms with Gasteiger partial charge in [-0.05, 0) is 19.4 Å². The summed E-state index contributed by atoms with van der Waals surface area (Å²) in [6, 6.07) is 1.08. The normalized spacial score (nSPS) is 39.3. The van der Waals surface area contributed by atoms with E-state index in [1.807, 2.05) is 11.3 Å². The average Bonchev–Trinajstić information content (AvgIpc) is 3.11. The second-order valence-electron chi connectivity index (χ2n) is 5.61. The maximum Gasteiger partial charge on any atom is 0.111 e. The van der Waals surface area contributed by atoms with Crippen LogP contribution in [-0.4, -0.2) is 54.1 Å². The van der Waals surface area contributed by atoms with E-state index in [-0.39, 0.29) is 0 Å². The van der Waals surface area contributed by atoms with Crippen molar-refractivity contribution in [3.05, 3.63) is 16.1 Å². The molecule has 4 aliphatic rings. The highest BCUT2D eigenvalue weighted by Gasteiger charge is 2.34. The Morgan fingerprint density at radius 2 is 2.17 bits per heavy atom. The Hall–Kier alpha value is -0.490. The van der Waals surface area contributed by atoms with Crippen LogP contribution < -0.4 is 5.32 Å². The lowest BCUT2D eigenvalue weighted by Crippen LogP contribution is -2.56. The molecule has 1 aromatic heterocycles. The largest absolute Gasteiger partial charge is 0.309 e. The standard InChI is InChI=1S/C13H20N4S/c1-2-10(14-3-1)11-9-18-13(15-11)12-8-16-4-6-17(12)7-5-16/h9-10,12,14H,1-8H2/t10-,12?/m0/s1. The molecule has 4 fully saturated rings. The smallest absolute Gasteiger partial charge is 0.111 e. The predicted octanol–water partition coefficient (Wildman–Crippen LogP) is 1.24. The first kappa shape index (κ1) is 11.3. The van der Waals surface area contributed by atoms with Crippen LogP contribution in [0.3, 0.4) is 0 Å². The van der Waals surface area contributed by atoms with Crippen molar-refractivity contribution in [2.45, 2.75) is 24.9 Å². The number of aromatic nitrogens is 1. The molecule has 4 aliphatic heterocycles. The zero-order valence-electron chi connectivity index (χ0n) is 10.6.